The summed E-state index contributed by atoms with van der Waals surface area (Å²) >= 11 is 0. The van der Waals surface area contributed by atoms with Gasteiger partial charge >= 0.3 is 0 Å². The Hall–Kier alpha value is -0.650. The van der Waals surface area contributed by atoms with Gasteiger partial charge in [-0.1, -0.05) is 0 Å². The van der Waals surface area contributed by atoms with E-state index in [9.17, 15) is 4.79 Å². The second-order valence-electron chi connectivity index (χ2n) is 5.37. The zero-order valence-corrected chi connectivity index (χ0v) is 11.3. The highest BCUT2D eigenvalue weighted by atomic mass is 16.5. The molecule has 2 aliphatic rings. The van der Waals surface area contributed by atoms with E-state index in [1.165, 1.54) is 12.8 Å². The number of rotatable bonds is 7. The molecule has 1 saturated carbocycles. The van der Waals surface area contributed by atoms with Gasteiger partial charge in [-0.2, -0.15) is 0 Å². The zero-order chi connectivity index (χ0) is 13.0. The summed E-state index contributed by atoms with van der Waals surface area (Å²) in [6.45, 7) is 3.67. The number of ether oxygens (including phenoxy) is 2. The molecule has 0 aromatic rings. The van der Waals surface area contributed by atoms with Gasteiger partial charge in [0.1, 0.15) is 0 Å². The molecule has 1 saturated heterocycles. The molecular formula is C13H24N2O3. The van der Waals surface area contributed by atoms with Gasteiger partial charge in [-0.25, -0.2) is 0 Å². The van der Waals surface area contributed by atoms with Crippen molar-refractivity contribution in [2.75, 3.05) is 26.9 Å². The van der Waals surface area contributed by atoms with Crippen LogP contribution in [0.25, 0.3) is 0 Å². The lowest BCUT2D eigenvalue weighted by atomic mass is 10.1. The minimum absolute atomic E-state index is 0.0287. The molecule has 1 heterocycles. The predicted molar refractivity (Wildman–Crippen MR) is 68.4 cm³/mol. The molecule has 0 aromatic carbocycles. The Kier molecular flexibility index (Phi) is 4.97. The van der Waals surface area contributed by atoms with Crippen molar-refractivity contribution in [2.45, 2.75) is 44.4 Å². The Labute approximate surface area is 109 Å². The maximum absolute atomic E-state index is 11.7. The summed E-state index contributed by atoms with van der Waals surface area (Å²) in [6.07, 6.45) is 3.90. The molecule has 3 atom stereocenters. The average molecular weight is 256 g/mol. The third kappa shape index (κ3) is 3.93. The average Bonchev–Trinajstić information content (AvgIpc) is 3.06. The molecule has 0 bridgehead atoms. The van der Waals surface area contributed by atoms with Crippen LogP contribution in [-0.4, -0.2) is 51.0 Å². The summed E-state index contributed by atoms with van der Waals surface area (Å²) in [5, 5.41) is 6.22. The van der Waals surface area contributed by atoms with Crippen LogP contribution in [-0.2, 0) is 14.3 Å². The highest BCUT2D eigenvalue weighted by molar-refractivity contribution is 5.78. The molecular weight excluding hydrogens is 232 g/mol. The van der Waals surface area contributed by atoms with Gasteiger partial charge < -0.3 is 20.1 Å². The second-order valence-corrected chi connectivity index (χ2v) is 5.37. The Balaban J connectivity index is 1.65. The highest BCUT2D eigenvalue weighted by Gasteiger charge is 2.40. The minimum Gasteiger partial charge on any atom is -0.383 e. The minimum atomic E-state index is 0.0287. The smallest absolute Gasteiger partial charge is 0.234 e. The highest BCUT2D eigenvalue weighted by Crippen LogP contribution is 2.38. The molecule has 3 unspecified atom stereocenters. The van der Waals surface area contributed by atoms with Crippen LogP contribution in [0, 0.1) is 5.92 Å². The molecule has 0 radical (unpaired) electrons. The number of hydrogen-bond donors (Lipinski definition) is 2. The molecule has 1 aliphatic carbocycles. The molecule has 2 fully saturated rings. The van der Waals surface area contributed by atoms with Crippen molar-refractivity contribution in [3.63, 3.8) is 0 Å². The van der Waals surface area contributed by atoms with Crippen LogP contribution in [0.3, 0.4) is 0 Å². The first-order chi connectivity index (χ1) is 8.70. The molecule has 5 nitrogen and oxygen atoms in total. The Morgan fingerprint density at radius 3 is 2.89 bits per heavy atom. The summed E-state index contributed by atoms with van der Waals surface area (Å²) in [7, 11) is 1.64. The number of methoxy groups -OCH3 is 1. The lowest BCUT2D eigenvalue weighted by Crippen LogP contribution is -2.46. The van der Waals surface area contributed by atoms with Crippen LogP contribution >= 0.6 is 0 Å². The van der Waals surface area contributed by atoms with E-state index in [1.54, 1.807) is 7.11 Å². The van der Waals surface area contributed by atoms with Crippen LogP contribution in [0.2, 0.25) is 0 Å². The molecule has 1 amide bonds. The van der Waals surface area contributed by atoms with Crippen molar-refractivity contribution in [1.82, 2.24) is 10.6 Å². The molecule has 0 spiro atoms. The topological polar surface area (TPSA) is 59.6 Å². The van der Waals surface area contributed by atoms with Crippen molar-refractivity contribution < 1.29 is 14.3 Å². The summed E-state index contributed by atoms with van der Waals surface area (Å²) in [4.78, 5) is 11.7. The van der Waals surface area contributed by atoms with Crippen LogP contribution in [0.4, 0.5) is 0 Å². The normalized spacial score (nSPS) is 29.2. The van der Waals surface area contributed by atoms with Gasteiger partial charge in [0.2, 0.25) is 5.91 Å². The third-order valence-corrected chi connectivity index (χ3v) is 3.57. The molecule has 2 rings (SSSR count). The van der Waals surface area contributed by atoms with E-state index in [1.807, 2.05) is 6.92 Å². The molecule has 2 N–H and O–H groups in total. The van der Waals surface area contributed by atoms with Crippen molar-refractivity contribution >= 4 is 5.91 Å². The molecule has 18 heavy (non-hydrogen) atoms. The van der Waals surface area contributed by atoms with Crippen molar-refractivity contribution in [2.24, 2.45) is 5.92 Å². The molecule has 0 aromatic heterocycles. The summed E-state index contributed by atoms with van der Waals surface area (Å²) in [5.74, 6) is 0.751. The number of nitrogens with one attached hydrogen (secondary N) is 2. The molecule has 1 aliphatic heterocycles. The van der Waals surface area contributed by atoms with Crippen molar-refractivity contribution in [1.29, 1.82) is 0 Å². The number of hydrogen-bond acceptors (Lipinski definition) is 4. The zero-order valence-electron chi connectivity index (χ0n) is 11.3. The maximum Gasteiger partial charge on any atom is 0.234 e. The monoisotopic (exact) mass is 256 g/mol. The van der Waals surface area contributed by atoms with E-state index >= 15 is 0 Å². The first-order valence-electron chi connectivity index (χ1n) is 6.84. The van der Waals surface area contributed by atoms with Gasteiger partial charge in [0.05, 0.1) is 19.3 Å². The fourth-order valence-electron chi connectivity index (χ4n) is 2.56. The van der Waals surface area contributed by atoms with Crippen LogP contribution < -0.4 is 10.6 Å². The number of carbonyl (C=O) groups excluding carboxylic acids is 1. The maximum atomic E-state index is 11.7. The van der Waals surface area contributed by atoms with E-state index < -0.39 is 0 Å². The van der Waals surface area contributed by atoms with Crippen LogP contribution in [0.15, 0.2) is 0 Å². The molecule has 104 valence electrons. The Bertz CT molecular complexity index is 281. The summed E-state index contributed by atoms with van der Waals surface area (Å²) in [5.41, 5.74) is 0. The van der Waals surface area contributed by atoms with E-state index in [2.05, 4.69) is 10.6 Å². The van der Waals surface area contributed by atoms with Crippen LogP contribution in [0.1, 0.15) is 26.2 Å². The first-order valence-corrected chi connectivity index (χ1v) is 6.84. The summed E-state index contributed by atoms with van der Waals surface area (Å²) in [6, 6.07) is 0.407. The largest absolute Gasteiger partial charge is 0.383 e. The van der Waals surface area contributed by atoms with E-state index in [0.717, 1.165) is 18.9 Å². The van der Waals surface area contributed by atoms with Gasteiger partial charge in [-0.3, -0.25) is 4.79 Å². The number of carbonyl (C=O) groups is 1. The first kappa shape index (κ1) is 13.8. The van der Waals surface area contributed by atoms with Gasteiger partial charge in [-0.05, 0) is 32.1 Å². The third-order valence-electron chi connectivity index (χ3n) is 3.57. The standard InChI is InChI=1S/C13H24N2O3/c1-9(8-17-2)15-12(16)7-14-11-5-6-18-13(11)10-3-4-10/h9-11,13-14H,3-8H2,1-2H3,(H,15,16). The fraction of sp³-hybridized carbons (Fsp3) is 0.923. The van der Waals surface area contributed by atoms with Crippen LogP contribution in [0.5, 0.6) is 0 Å². The van der Waals surface area contributed by atoms with E-state index in [-0.39, 0.29) is 11.9 Å². The van der Waals surface area contributed by atoms with Gasteiger partial charge in [0, 0.05) is 25.8 Å². The van der Waals surface area contributed by atoms with Crippen molar-refractivity contribution in [3.8, 4) is 0 Å². The van der Waals surface area contributed by atoms with E-state index in [0.29, 0.717) is 25.3 Å². The van der Waals surface area contributed by atoms with Gasteiger partial charge in [0.25, 0.3) is 0 Å². The quantitative estimate of drug-likeness (QED) is 0.687. The second kappa shape index (κ2) is 6.50. The van der Waals surface area contributed by atoms with Crippen molar-refractivity contribution in [3.05, 3.63) is 0 Å². The van der Waals surface area contributed by atoms with Gasteiger partial charge in [-0.15, -0.1) is 0 Å². The Morgan fingerprint density at radius 2 is 2.22 bits per heavy atom. The number of amides is 1. The fourth-order valence-corrected chi connectivity index (χ4v) is 2.56. The van der Waals surface area contributed by atoms with Gasteiger partial charge in [0.15, 0.2) is 0 Å². The lowest BCUT2D eigenvalue weighted by molar-refractivity contribution is -0.121. The summed E-state index contributed by atoms with van der Waals surface area (Å²) < 4.78 is 10.7. The van der Waals surface area contributed by atoms with E-state index in [4.69, 9.17) is 9.47 Å². The lowest BCUT2D eigenvalue weighted by Gasteiger charge is -2.20. The SMILES string of the molecule is COCC(C)NC(=O)CNC1CCOC1C1CC1. The molecule has 5 heteroatoms. The predicted octanol–water partition coefficient (Wildman–Crippen LogP) is 0.295. The Morgan fingerprint density at radius 1 is 1.44 bits per heavy atom.